The van der Waals surface area contributed by atoms with Crippen LogP contribution in [0.15, 0.2) is 133 Å². The van der Waals surface area contributed by atoms with Crippen LogP contribution in [-0.4, -0.2) is 41.0 Å². The lowest BCUT2D eigenvalue weighted by molar-refractivity contribution is -0.276. The Labute approximate surface area is 331 Å². The zero-order valence-corrected chi connectivity index (χ0v) is 32.6. The van der Waals surface area contributed by atoms with Crippen molar-refractivity contribution in [2.45, 2.75) is 84.3 Å². The summed E-state index contributed by atoms with van der Waals surface area (Å²) in [7, 11) is 0. The van der Waals surface area contributed by atoms with Crippen molar-refractivity contribution in [3.05, 3.63) is 167 Å². The number of aliphatic hydroxyl groups excluding tert-OH is 1. The molecule has 1 heterocycles. The van der Waals surface area contributed by atoms with E-state index < -0.39 is 6.29 Å². The van der Waals surface area contributed by atoms with Crippen LogP contribution in [0.25, 0.3) is 11.1 Å². The minimum atomic E-state index is -0.574. The molecule has 4 atom stereocenters. The molecule has 1 fully saturated rings. The zero-order valence-electron chi connectivity index (χ0n) is 32.6. The van der Waals surface area contributed by atoms with Gasteiger partial charge in [-0.3, -0.25) is 14.5 Å². The van der Waals surface area contributed by atoms with E-state index in [1.807, 2.05) is 24.3 Å². The molecule has 0 unspecified atom stereocenters. The highest BCUT2D eigenvalue weighted by atomic mass is 16.7. The number of carbonyl (C=O) groups excluding carboxylic acids is 2. The topological polar surface area (TPSA) is 100 Å². The fourth-order valence-electron chi connectivity index (χ4n) is 7.29. The van der Waals surface area contributed by atoms with Crippen molar-refractivity contribution in [1.82, 2.24) is 15.5 Å². The molecule has 3 N–H and O–H groups in total. The minimum absolute atomic E-state index is 0.00340. The molecule has 0 bridgehead atoms. The summed E-state index contributed by atoms with van der Waals surface area (Å²) in [5.74, 6) is 0.0623. The van der Waals surface area contributed by atoms with Crippen LogP contribution in [0, 0.1) is 5.92 Å². The van der Waals surface area contributed by atoms with Gasteiger partial charge >= 0.3 is 0 Å². The Morgan fingerprint density at radius 2 is 1.30 bits per heavy atom. The van der Waals surface area contributed by atoms with Gasteiger partial charge in [0.1, 0.15) is 0 Å². The van der Waals surface area contributed by atoms with Gasteiger partial charge in [-0.15, -0.1) is 0 Å². The molecule has 0 spiro atoms. The molecule has 0 saturated carbocycles. The van der Waals surface area contributed by atoms with Gasteiger partial charge < -0.3 is 25.2 Å². The lowest BCUT2D eigenvalue weighted by Crippen LogP contribution is -2.44. The van der Waals surface area contributed by atoms with Crippen molar-refractivity contribution in [3.63, 3.8) is 0 Å². The molecule has 0 aliphatic carbocycles. The van der Waals surface area contributed by atoms with Gasteiger partial charge in [0.15, 0.2) is 6.29 Å². The molecule has 8 heteroatoms. The van der Waals surface area contributed by atoms with E-state index in [0.717, 1.165) is 72.3 Å². The van der Waals surface area contributed by atoms with Crippen LogP contribution in [0.4, 0.5) is 0 Å². The van der Waals surface area contributed by atoms with E-state index >= 15 is 0 Å². The number of ether oxygens (including phenoxy) is 2. The smallest absolute Gasteiger partial charge is 0.220 e. The van der Waals surface area contributed by atoms with Crippen LogP contribution < -0.4 is 10.6 Å². The molecule has 56 heavy (non-hydrogen) atoms. The van der Waals surface area contributed by atoms with Crippen LogP contribution in [0.3, 0.4) is 0 Å². The maximum absolute atomic E-state index is 12.5. The first kappa shape index (κ1) is 40.5. The molecule has 0 aromatic heterocycles. The summed E-state index contributed by atoms with van der Waals surface area (Å²) in [6.45, 7) is 7.14. The Morgan fingerprint density at radius 1 is 0.661 bits per heavy atom. The number of benzene rings is 5. The molecule has 6 rings (SSSR count). The quantitative estimate of drug-likeness (QED) is 0.0776. The lowest BCUT2D eigenvalue weighted by Gasteiger charge is -2.43. The van der Waals surface area contributed by atoms with Crippen LogP contribution in [0.5, 0.6) is 0 Å². The van der Waals surface area contributed by atoms with E-state index in [2.05, 4.69) is 132 Å². The second-order valence-electron chi connectivity index (χ2n) is 14.9. The summed E-state index contributed by atoms with van der Waals surface area (Å²) in [6.07, 6.45) is 2.12. The van der Waals surface area contributed by atoms with Gasteiger partial charge in [0.25, 0.3) is 0 Å². The molecule has 2 amide bonds. The van der Waals surface area contributed by atoms with E-state index in [0.29, 0.717) is 19.5 Å². The summed E-state index contributed by atoms with van der Waals surface area (Å²) < 4.78 is 13.7. The van der Waals surface area contributed by atoms with Crippen LogP contribution in [0.2, 0.25) is 0 Å². The Kier molecular flexibility index (Phi) is 15.0. The number of hydrogen-bond donors (Lipinski definition) is 3. The monoisotopic (exact) mass is 753 g/mol. The molecule has 5 aromatic rings. The Hall–Kier alpha value is -5.12. The van der Waals surface area contributed by atoms with Crippen LogP contribution in [0.1, 0.15) is 85.3 Å². The Morgan fingerprint density at radius 3 is 1.95 bits per heavy atom. The lowest BCUT2D eigenvalue weighted by atomic mass is 9.89. The third-order valence-corrected chi connectivity index (χ3v) is 10.4. The predicted octanol–water partition coefficient (Wildman–Crippen LogP) is 8.65. The second-order valence-corrected chi connectivity index (χ2v) is 14.9. The van der Waals surface area contributed by atoms with Gasteiger partial charge in [0.2, 0.25) is 11.8 Å². The number of hydrogen-bond acceptors (Lipinski definition) is 6. The van der Waals surface area contributed by atoms with Crippen molar-refractivity contribution in [2.24, 2.45) is 5.92 Å². The first-order valence-corrected chi connectivity index (χ1v) is 19.9. The molecule has 0 radical (unpaired) electrons. The number of nitrogens with zero attached hydrogens (tertiary/aromatic N) is 1. The van der Waals surface area contributed by atoms with Crippen molar-refractivity contribution >= 4 is 11.8 Å². The van der Waals surface area contributed by atoms with Gasteiger partial charge in [0, 0.05) is 57.5 Å². The molecule has 292 valence electrons. The number of amides is 2. The largest absolute Gasteiger partial charge is 0.392 e. The summed E-state index contributed by atoms with van der Waals surface area (Å²) in [4.78, 5) is 26.0. The van der Waals surface area contributed by atoms with Gasteiger partial charge in [0.05, 0.1) is 18.8 Å². The van der Waals surface area contributed by atoms with Gasteiger partial charge in [-0.2, -0.15) is 0 Å². The van der Waals surface area contributed by atoms with Gasteiger partial charge in [-0.1, -0.05) is 141 Å². The highest BCUT2D eigenvalue weighted by Gasteiger charge is 2.39. The Balaban J connectivity index is 1.15. The van der Waals surface area contributed by atoms with Crippen molar-refractivity contribution in [3.8, 4) is 11.1 Å². The van der Waals surface area contributed by atoms with E-state index in [9.17, 15) is 14.7 Å². The van der Waals surface area contributed by atoms with E-state index in [1.54, 1.807) is 0 Å². The average Bonchev–Trinajstić information content (AvgIpc) is 3.23. The highest BCUT2D eigenvalue weighted by Crippen LogP contribution is 2.42. The number of unbranched alkanes of at least 4 members (excludes halogenated alkanes) is 2. The van der Waals surface area contributed by atoms with Crippen LogP contribution in [-0.2, 0) is 45.3 Å². The number of nitrogens with one attached hydrogen (secondary N) is 2. The zero-order chi connectivity index (χ0) is 39.1. The molecule has 1 aliphatic heterocycles. The fraction of sp³-hybridized carbons (Fsp3) is 0.333. The van der Waals surface area contributed by atoms with Crippen LogP contribution >= 0.6 is 0 Å². The highest BCUT2D eigenvalue weighted by molar-refractivity contribution is 5.76. The van der Waals surface area contributed by atoms with Gasteiger partial charge in [-0.05, 0) is 57.9 Å². The second kappa shape index (κ2) is 20.7. The molecular weight excluding hydrogens is 699 g/mol. The first-order valence-electron chi connectivity index (χ1n) is 19.9. The van der Waals surface area contributed by atoms with Crippen molar-refractivity contribution in [1.29, 1.82) is 0 Å². The summed E-state index contributed by atoms with van der Waals surface area (Å²) in [5, 5.41) is 15.6. The number of carbonyl (C=O) groups is 2. The molecule has 1 saturated heterocycles. The molecule has 1 aliphatic rings. The first-order chi connectivity index (χ1) is 27.3. The molecular formula is C48H55N3O5. The summed E-state index contributed by atoms with van der Waals surface area (Å²) in [5.41, 5.74) is 8.55. The maximum Gasteiger partial charge on any atom is 0.220 e. The summed E-state index contributed by atoms with van der Waals surface area (Å²) in [6, 6.07) is 45.9. The summed E-state index contributed by atoms with van der Waals surface area (Å²) >= 11 is 0. The SMILES string of the molecule is CC(=O)NCCCCCC(=O)NCc1cccc(-c2ccc([C@H]3O[C@@H](CN(Cc4ccccc4)Cc4ccccc4)[C@@H](C)[C@@H](c4ccc(CO)cc4)O3)cc2)c1. The molecule has 5 aromatic carbocycles. The van der Waals surface area contributed by atoms with E-state index in [-0.39, 0.29) is 36.5 Å². The van der Waals surface area contributed by atoms with Crippen molar-refractivity contribution in [2.75, 3.05) is 13.1 Å². The maximum atomic E-state index is 12.5. The average molecular weight is 754 g/mol. The predicted molar refractivity (Wildman–Crippen MR) is 221 cm³/mol. The normalized spacial score (nSPS) is 18.1. The third kappa shape index (κ3) is 11.9. The van der Waals surface area contributed by atoms with E-state index in [1.165, 1.54) is 18.1 Å². The number of rotatable bonds is 18. The van der Waals surface area contributed by atoms with Crippen molar-refractivity contribution < 1.29 is 24.2 Å². The fourth-order valence-corrected chi connectivity index (χ4v) is 7.29. The third-order valence-electron chi connectivity index (χ3n) is 10.4. The van der Waals surface area contributed by atoms with Gasteiger partial charge in [-0.25, -0.2) is 0 Å². The standard InChI is InChI=1S/C48H55N3O5/c1-35-45(33-51(31-37-13-6-3-7-14-37)32-38-15-8-4-9-16-38)55-48(56-47(35)42-22-20-39(34-52)21-23-42)43-26-24-41(25-27-43)44-18-12-17-40(29-44)30-50-46(54)19-10-5-11-28-49-36(2)53/h3-4,6-9,12-18,20-27,29,35,45,47-48,52H,5,10-11,19,28,30-34H2,1-2H3,(H,49,53)(H,50,54)/t35-,45+,47+,48+/m1/s1. The molecule has 8 nitrogen and oxygen atoms in total. The minimum Gasteiger partial charge on any atom is -0.392 e. The van der Waals surface area contributed by atoms with E-state index in [4.69, 9.17) is 9.47 Å². The Bertz CT molecular complexity index is 1910. The number of aliphatic hydroxyl groups is 1.